The number of hydrogen-bond donors (Lipinski definition) is 0. The maximum Gasteiger partial charge on any atom is 0.168 e. The van der Waals surface area contributed by atoms with Gasteiger partial charge in [-0.05, 0) is 37.1 Å². The van der Waals surface area contributed by atoms with Crippen molar-refractivity contribution in [3.05, 3.63) is 34.1 Å². The molecule has 1 rings (SSSR count). The van der Waals surface area contributed by atoms with Crippen molar-refractivity contribution in [2.24, 2.45) is 0 Å². The van der Waals surface area contributed by atoms with Crippen LogP contribution in [0.3, 0.4) is 0 Å². The van der Waals surface area contributed by atoms with E-state index in [1.165, 1.54) is 19.2 Å². The monoisotopic (exact) mass is 302 g/mol. The Labute approximate surface area is 109 Å². The van der Waals surface area contributed by atoms with Gasteiger partial charge in [0.1, 0.15) is 11.4 Å². The molecule has 0 bridgehead atoms. The molecule has 1 atom stereocenters. The second kappa shape index (κ2) is 5.74. The van der Waals surface area contributed by atoms with Crippen molar-refractivity contribution in [3.63, 3.8) is 0 Å². The van der Waals surface area contributed by atoms with Crippen LogP contribution < -0.4 is 0 Å². The van der Waals surface area contributed by atoms with E-state index in [2.05, 4.69) is 15.9 Å². The van der Waals surface area contributed by atoms with Crippen LogP contribution in [-0.2, 0) is 16.0 Å². The molecule has 0 heterocycles. The summed E-state index contributed by atoms with van der Waals surface area (Å²) in [5.41, 5.74) is -0.141. The second-order valence-corrected chi connectivity index (χ2v) is 5.08. The average molecular weight is 303 g/mol. The van der Waals surface area contributed by atoms with Crippen LogP contribution in [0.25, 0.3) is 0 Å². The summed E-state index contributed by atoms with van der Waals surface area (Å²) in [7, 11) is 1.52. The molecule has 0 saturated heterocycles. The van der Waals surface area contributed by atoms with E-state index < -0.39 is 5.60 Å². The van der Waals surface area contributed by atoms with Crippen molar-refractivity contribution in [2.75, 3.05) is 7.11 Å². The number of ether oxygens (including phenoxy) is 1. The topological polar surface area (TPSA) is 26.3 Å². The molecular formula is C13H16BrFO2. The predicted molar refractivity (Wildman–Crippen MR) is 68.5 cm³/mol. The van der Waals surface area contributed by atoms with Crippen molar-refractivity contribution >= 4 is 21.7 Å². The Balaban J connectivity index is 2.87. The van der Waals surface area contributed by atoms with Crippen LogP contribution in [0.2, 0.25) is 0 Å². The van der Waals surface area contributed by atoms with Gasteiger partial charge in [-0.25, -0.2) is 4.39 Å². The van der Waals surface area contributed by atoms with Gasteiger partial charge in [-0.2, -0.15) is 0 Å². The number of carbonyl (C=O) groups is 1. The van der Waals surface area contributed by atoms with E-state index in [0.29, 0.717) is 16.5 Å². The Kier molecular flexibility index (Phi) is 4.83. The van der Waals surface area contributed by atoms with Gasteiger partial charge < -0.3 is 4.74 Å². The van der Waals surface area contributed by atoms with Crippen molar-refractivity contribution in [2.45, 2.75) is 32.3 Å². The zero-order chi connectivity index (χ0) is 13.1. The summed E-state index contributed by atoms with van der Waals surface area (Å²) in [5.74, 6) is -0.391. The van der Waals surface area contributed by atoms with E-state index >= 15 is 0 Å². The fourth-order valence-electron chi connectivity index (χ4n) is 1.54. The molecule has 1 aromatic carbocycles. The largest absolute Gasteiger partial charge is 0.371 e. The molecule has 0 amide bonds. The summed E-state index contributed by atoms with van der Waals surface area (Å²) in [4.78, 5) is 12.1. The van der Waals surface area contributed by atoms with E-state index in [0.717, 1.165) is 0 Å². The molecule has 4 heteroatoms. The first-order valence-electron chi connectivity index (χ1n) is 5.44. The predicted octanol–water partition coefficient (Wildman–Crippen LogP) is 3.51. The van der Waals surface area contributed by atoms with Gasteiger partial charge in [0.05, 0.1) is 0 Å². The number of hydrogen-bond acceptors (Lipinski definition) is 2. The molecular weight excluding hydrogens is 287 g/mol. The zero-order valence-electron chi connectivity index (χ0n) is 10.2. The van der Waals surface area contributed by atoms with Crippen LogP contribution in [-0.4, -0.2) is 18.5 Å². The number of Topliss-reactive ketones (excluding diaryl/α,β-unsaturated/α-hetero) is 1. The Morgan fingerprint density at radius 3 is 2.59 bits per heavy atom. The highest BCUT2D eigenvalue weighted by Gasteiger charge is 2.30. The summed E-state index contributed by atoms with van der Waals surface area (Å²) in [6, 6.07) is 4.48. The molecule has 17 heavy (non-hydrogen) atoms. The quantitative estimate of drug-likeness (QED) is 0.832. The Bertz CT molecular complexity index is 394. The lowest BCUT2D eigenvalue weighted by molar-refractivity contribution is -0.138. The maximum atomic E-state index is 13.2. The van der Waals surface area contributed by atoms with Gasteiger partial charge in [0, 0.05) is 18.0 Å². The van der Waals surface area contributed by atoms with E-state index in [1.807, 2.05) is 6.92 Å². The zero-order valence-corrected chi connectivity index (χ0v) is 11.8. The third-order valence-electron chi connectivity index (χ3n) is 3.00. The van der Waals surface area contributed by atoms with Crippen molar-refractivity contribution in [1.29, 1.82) is 0 Å². The molecule has 0 N–H and O–H groups in total. The minimum absolute atomic E-state index is 0.0417. The highest BCUT2D eigenvalue weighted by Crippen LogP contribution is 2.20. The number of rotatable bonds is 5. The van der Waals surface area contributed by atoms with Gasteiger partial charge in [-0.1, -0.05) is 22.9 Å². The van der Waals surface area contributed by atoms with E-state index in [-0.39, 0.29) is 18.0 Å². The van der Waals surface area contributed by atoms with Crippen LogP contribution in [0, 0.1) is 5.82 Å². The van der Waals surface area contributed by atoms with Gasteiger partial charge in [0.2, 0.25) is 0 Å². The first-order valence-corrected chi connectivity index (χ1v) is 6.24. The molecule has 0 aliphatic carbocycles. The minimum Gasteiger partial charge on any atom is -0.371 e. The molecule has 94 valence electrons. The van der Waals surface area contributed by atoms with Gasteiger partial charge in [0.15, 0.2) is 5.78 Å². The van der Waals surface area contributed by atoms with Crippen LogP contribution in [0.4, 0.5) is 4.39 Å². The summed E-state index contributed by atoms with van der Waals surface area (Å²) < 4.78 is 19.0. The average Bonchev–Trinajstić information content (AvgIpc) is 2.26. The second-order valence-electron chi connectivity index (χ2n) is 4.17. The van der Waals surface area contributed by atoms with Crippen LogP contribution in [0.1, 0.15) is 25.8 Å². The molecule has 0 saturated carbocycles. The highest BCUT2D eigenvalue weighted by atomic mass is 79.9. The van der Waals surface area contributed by atoms with Crippen molar-refractivity contribution < 1.29 is 13.9 Å². The smallest absolute Gasteiger partial charge is 0.168 e. The normalized spacial score (nSPS) is 14.4. The molecule has 2 nitrogen and oxygen atoms in total. The number of ketones is 1. The fraction of sp³-hybridized carbons (Fsp3) is 0.462. The number of carbonyl (C=O) groups excluding carboxylic acids is 1. The molecule has 0 aromatic heterocycles. The molecule has 1 unspecified atom stereocenters. The lowest BCUT2D eigenvalue weighted by atomic mass is 9.92. The summed E-state index contributed by atoms with van der Waals surface area (Å²) in [6.45, 7) is 3.65. The third kappa shape index (κ3) is 3.61. The van der Waals surface area contributed by atoms with Crippen LogP contribution in [0.5, 0.6) is 0 Å². The summed E-state index contributed by atoms with van der Waals surface area (Å²) in [6.07, 6.45) is 0.771. The van der Waals surface area contributed by atoms with Gasteiger partial charge in [0.25, 0.3) is 0 Å². The number of methoxy groups -OCH3 is 1. The summed E-state index contributed by atoms with van der Waals surface area (Å²) in [5, 5.41) is 0. The van der Waals surface area contributed by atoms with Crippen molar-refractivity contribution in [1.82, 2.24) is 0 Å². The lowest BCUT2D eigenvalue weighted by Crippen LogP contribution is -2.37. The van der Waals surface area contributed by atoms with Crippen LogP contribution in [0.15, 0.2) is 22.7 Å². The maximum absolute atomic E-state index is 13.2. The minimum atomic E-state index is -0.793. The van der Waals surface area contributed by atoms with Gasteiger partial charge in [-0.3, -0.25) is 4.79 Å². The van der Waals surface area contributed by atoms with Crippen molar-refractivity contribution in [3.8, 4) is 0 Å². The Hall–Kier alpha value is -0.740. The number of benzene rings is 1. The van der Waals surface area contributed by atoms with Gasteiger partial charge >= 0.3 is 0 Å². The molecule has 0 aliphatic heterocycles. The van der Waals surface area contributed by atoms with Crippen LogP contribution >= 0.6 is 15.9 Å². The van der Waals surface area contributed by atoms with E-state index in [9.17, 15) is 9.18 Å². The number of halogens is 2. The highest BCUT2D eigenvalue weighted by molar-refractivity contribution is 9.10. The Morgan fingerprint density at radius 2 is 2.12 bits per heavy atom. The summed E-state index contributed by atoms with van der Waals surface area (Å²) >= 11 is 3.20. The SMILES string of the molecule is CCC(C)(OC)C(=O)Cc1cc(F)cc(Br)c1. The standard InChI is InChI=1S/C13H16BrFO2/c1-4-13(2,17-3)12(16)7-9-5-10(14)8-11(15)6-9/h5-6,8H,4,7H2,1-3H3. The van der Waals surface area contributed by atoms with Gasteiger partial charge in [-0.15, -0.1) is 0 Å². The molecule has 0 spiro atoms. The third-order valence-corrected chi connectivity index (χ3v) is 3.46. The Morgan fingerprint density at radius 1 is 1.47 bits per heavy atom. The molecule has 0 aliphatic rings. The van der Waals surface area contributed by atoms with E-state index in [4.69, 9.17) is 4.74 Å². The molecule has 1 aromatic rings. The first-order chi connectivity index (χ1) is 7.91. The molecule has 0 fully saturated rings. The first kappa shape index (κ1) is 14.3. The lowest BCUT2D eigenvalue weighted by Gasteiger charge is -2.24. The van der Waals surface area contributed by atoms with E-state index in [1.54, 1.807) is 13.0 Å². The fourth-order valence-corrected chi connectivity index (χ4v) is 2.05. The molecule has 0 radical (unpaired) electrons.